The van der Waals surface area contributed by atoms with Gasteiger partial charge in [0.2, 0.25) is 0 Å². The van der Waals surface area contributed by atoms with Gasteiger partial charge in [-0.05, 0) is 32.7 Å². The van der Waals surface area contributed by atoms with Crippen molar-refractivity contribution in [1.29, 1.82) is 0 Å². The van der Waals surface area contributed by atoms with Crippen LogP contribution in [0, 0.1) is 5.41 Å². The number of aliphatic hydroxyl groups is 1. The van der Waals surface area contributed by atoms with Crippen LogP contribution in [-0.2, 0) is 0 Å². The van der Waals surface area contributed by atoms with Crippen molar-refractivity contribution in [2.75, 3.05) is 26.7 Å². The van der Waals surface area contributed by atoms with Crippen LogP contribution in [0.3, 0.4) is 0 Å². The van der Waals surface area contributed by atoms with Crippen molar-refractivity contribution < 1.29 is 5.11 Å². The Morgan fingerprint density at radius 3 is 2.53 bits per heavy atom. The second kappa shape index (κ2) is 4.40. The molecular formula is C12H26N2O. The standard InChI is InChI=1S/C12H26N2O/c1-10(13-5)11(2,3)8-14-7-6-12(4,15)9-14/h10,13,15H,6-9H2,1-5H3. The molecule has 1 fully saturated rings. The zero-order valence-corrected chi connectivity index (χ0v) is 10.8. The highest BCUT2D eigenvalue weighted by molar-refractivity contribution is 4.90. The topological polar surface area (TPSA) is 35.5 Å². The van der Waals surface area contributed by atoms with E-state index in [4.69, 9.17) is 0 Å². The Morgan fingerprint density at radius 2 is 2.13 bits per heavy atom. The van der Waals surface area contributed by atoms with Crippen molar-refractivity contribution in [3.63, 3.8) is 0 Å². The summed E-state index contributed by atoms with van der Waals surface area (Å²) in [5.74, 6) is 0. The SMILES string of the molecule is CNC(C)C(C)(C)CN1CCC(C)(O)C1. The first-order valence-electron chi connectivity index (χ1n) is 5.89. The maximum atomic E-state index is 9.90. The number of β-amino-alcohol motifs (C(OH)–C–C–N with tert-alkyl or cyclic N) is 1. The Bertz CT molecular complexity index is 214. The summed E-state index contributed by atoms with van der Waals surface area (Å²) in [7, 11) is 2.01. The van der Waals surface area contributed by atoms with Crippen LogP contribution in [0.25, 0.3) is 0 Å². The maximum Gasteiger partial charge on any atom is 0.0758 e. The molecule has 0 aromatic carbocycles. The quantitative estimate of drug-likeness (QED) is 0.735. The second-order valence-electron chi connectivity index (χ2n) is 5.96. The molecule has 0 bridgehead atoms. The predicted molar refractivity (Wildman–Crippen MR) is 64.0 cm³/mol. The summed E-state index contributed by atoms with van der Waals surface area (Å²) < 4.78 is 0. The molecule has 1 saturated heterocycles. The predicted octanol–water partition coefficient (Wildman–Crippen LogP) is 1.08. The molecule has 1 rings (SSSR count). The summed E-state index contributed by atoms with van der Waals surface area (Å²) in [4.78, 5) is 2.37. The molecule has 0 radical (unpaired) electrons. The lowest BCUT2D eigenvalue weighted by molar-refractivity contribution is 0.0606. The van der Waals surface area contributed by atoms with Crippen LogP contribution >= 0.6 is 0 Å². The summed E-state index contributed by atoms with van der Waals surface area (Å²) in [5, 5.41) is 13.2. The van der Waals surface area contributed by atoms with Gasteiger partial charge in [0, 0.05) is 25.7 Å². The number of nitrogens with one attached hydrogen (secondary N) is 1. The number of likely N-dealkylation sites (tertiary alicyclic amines) is 1. The molecule has 0 aromatic heterocycles. The lowest BCUT2D eigenvalue weighted by Gasteiger charge is -2.35. The summed E-state index contributed by atoms with van der Waals surface area (Å²) in [6, 6.07) is 0.489. The smallest absolute Gasteiger partial charge is 0.0758 e. The number of nitrogens with zero attached hydrogens (tertiary/aromatic N) is 1. The van der Waals surface area contributed by atoms with Crippen LogP contribution in [0.4, 0.5) is 0 Å². The Balaban J connectivity index is 2.48. The van der Waals surface area contributed by atoms with Gasteiger partial charge in [-0.2, -0.15) is 0 Å². The summed E-state index contributed by atoms with van der Waals surface area (Å²) in [6.07, 6.45) is 0.900. The van der Waals surface area contributed by atoms with E-state index in [0.29, 0.717) is 6.04 Å². The molecule has 1 aliphatic heterocycles. The van der Waals surface area contributed by atoms with Crippen LogP contribution in [-0.4, -0.2) is 48.3 Å². The first kappa shape index (κ1) is 12.9. The largest absolute Gasteiger partial charge is 0.389 e. The third-order valence-corrected chi connectivity index (χ3v) is 3.77. The van der Waals surface area contributed by atoms with Crippen molar-refractivity contribution in [3.8, 4) is 0 Å². The highest BCUT2D eigenvalue weighted by Gasteiger charge is 2.35. The number of hydrogen-bond acceptors (Lipinski definition) is 3. The number of rotatable bonds is 4. The van der Waals surface area contributed by atoms with E-state index in [9.17, 15) is 5.11 Å². The third kappa shape index (κ3) is 3.44. The van der Waals surface area contributed by atoms with Crippen LogP contribution in [0.2, 0.25) is 0 Å². The van der Waals surface area contributed by atoms with Gasteiger partial charge in [0.1, 0.15) is 0 Å². The van der Waals surface area contributed by atoms with Crippen molar-refractivity contribution >= 4 is 0 Å². The molecule has 3 heteroatoms. The molecule has 2 N–H and O–H groups in total. The minimum atomic E-state index is -0.473. The van der Waals surface area contributed by atoms with Gasteiger partial charge in [0.25, 0.3) is 0 Å². The Morgan fingerprint density at radius 1 is 1.53 bits per heavy atom. The molecular weight excluding hydrogens is 188 g/mol. The van der Waals surface area contributed by atoms with Gasteiger partial charge >= 0.3 is 0 Å². The van der Waals surface area contributed by atoms with Crippen molar-refractivity contribution in [2.24, 2.45) is 5.41 Å². The molecule has 0 aromatic rings. The molecule has 0 aliphatic carbocycles. The molecule has 90 valence electrons. The molecule has 0 spiro atoms. The van der Waals surface area contributed by atoms with E-state index in [1.54, 1.807) is 0 Å². The van der Waals surface area contributed by atoms with E-state index in [1.807, 2.05) is 14.0 Å². The Kier molecular flexibility index (Phi) is 3.80. The van der Waals surface area contributed by atoms with Gasteiger partial charge in [-0.3, -0.25) is 4.90 Å². The monoisotopic (exact) mass is 214 g/mol. The molecule has 1 aliphatic rings. The van der Waals surface area contributed by atoms with Gasteiger partial charge in [-0.15, -0.1) is 0 Å². The zero-order chi connectivity index (χ0) is 11.7. The van der Waals surface area contributed by atoms with E-state index in [0.717, 1.165) is 26.1 Å². The fourth-order valence-corrected chi connectivity index (χ4v) is 2.28. The van der Waals surface area contributed by atoms with Crippen LogP contribution in [0.5, 0.6) is 0 Å². The molecule has 0 saturated carbocycles. The van der Waals surface area contributed by atoms with Crippen LogP contribution in [0.15, 0.2) is 0 Å². The van der Waals surface area contributed by atoms with Gasteiger partial charge in [-0.25, -0.2) is 0 Å². The minimum absolute atomic E-state index is 0.245. The molecule has 0 amide bonds. The molecule has 2 unspecified atom stereocenters. The second-order valence-corrected chi connectivity index (χ2v) is 5.96. The normalized spacial score (nSPS) is 30.8. The minimum Gasteiger partial charge on any atom is -0.389 e. The first-order valence-corrected chi connectivity index (χ1v) is 5.89. The Hall–Kier alpha value is -0.120. The van der Waals surface area contributed by atoms with Crippen molar-refractivity contribution in [1.82, 2.24) is 10.2 Å². The molecule has 2 atom stereocenters. The zero-order valence-electron chi connectivity index (χ0n) is 10.8. The van der Waals surface area contributed by atoms with Crippen molar-refractivity contribution in [2.45, 2.75) is 45.8 Å². The van der Waals surface area contributed by atoms with Crippen molar-refractivity contribution in [3.05, 3.63) is 0 Å². The van der Waals surface area contributed by atoms with Crippen LogP contribution < -0.4 is 5.32 Å². The summed E-state index contributed by atoms with van der Waals surface area (Å²) >= 11 is 0. The van der Waals surface area contributed by atoms with Crippen LogP contribution in [0.1, 0.15) is 34.1 Å². The third-order valence-electron chi connectivity index (χ3n) is 3.77. The summed E-state index contributed by atoms with van der Waals surface area (Å²) in [5.41, 5.74) is -0.228. The van der Waals surface area contributed by atoms with Gasteiger partial charge in [0.15, 0.2) is 0 Å². The first-order chi connectivity index (χ1) is 6.77. The molecule has 1 heterocycles. The maximum absolute atomic E-state index is 9.90. The fourth-order valence-electron chi connectivity index (χ4n) is 2.28. The molecule has 15 heavy (non-hydrogen) atoms. The summed E-state index contributed by atoms with van der Waals surface area (Å²) in [6.45, 7) is 11.6. The number of hydrogen-bond donors (Lipinski definition) is 2. The molecule has 3 nitrogen and oxygen atoms in total. The van der Waals surface area contributed by atoms with E-state index in [-0.39, 0.29) is 5.41 Å². The van der Waals surface area contributed by atoms with E-state index in [1.165, 1.54) is 0 Å². The Labute approximate surface area is 93.9 Å². The van der Waals surface area contributed by atoms with Gasteiger partial charge in [0.05, 0.1) is 5.60 Å². The van der Waals surface area contributed by atoms with E-state index in [2.05, 4.69) is 31.0 Å². The highest BCUT2D eigenvalue weighted by atomic mass is 16.3. The highest BCUT2D eigenvalue weighted by Crippen LogP contribution is 2.27. The fraction of sp³-hybridized carbons (Fsp3) is 1.00. The lowest BCUT2D eigenvalue weighted by atomic mass is 9.85. The lowest BCUT2D eigenvalue weighted by Crippen LogP contribution is -2.45. The van der Waals surface area contributed by atoms with E-state index >= 15 is 0 Å². The van der Waals surface area contributed by atoms with E-state index < -0.39 is 5.60 Å². The van der Waals surface area contributed by atoms with Gasteiger partial charge in [-0.1, -0.05) is 13.8 Å². The average Bonchev–Trinajstić information content (AvgIpc) is 2.43. The van der Waals surface area contributed by atoms with Gasteiger partial charge < -0.3 is 10.4 Å². The average molecular weight is 214 g/mol.